The molecule has 1 fully saturated rings. The minimum atomic E-state index is -5.02. The van der Waals surface area contributed by atoms with Crippen molar-refractivity contribution in [3.8, 4) is 34.8 Å². The van der Waals surface area contributed by atoms with Crippen molar-refractivity contribution in [2.75, 3.05) is 0 Å². The van der Waals surface area contributed by atoms with Gasteiger partial charge in [-0.1, -0.05) is 43.1 Å². The number of hydrogen-bond acceptors (Lipinski definition) is 0. The highest BCUT2D eigenvalue weighted by atomic mass is 19.4. The van der Waals surface area contributed by atoms with Crippen molar-refractivity contribution in [2.45, 2.75) is 38.3 Å². The van der Waals surface area contributed by atoms with Crippen LogP contribution in [-0.2, 0) is 0 Å². The molecule has 0 nitrogen and oxygen atoms in total. The lowest BCUT2D eigenvalue weighted by Crippen LogP contribution is -2.03. The molecule has 1 saturated carbocycles. The van der Waals surface area contributed by atoms with Crippen LogP contribution in [0.1, 0.15) is 43.2 Å². The van der Waals surface area contributed by atoms with Crippen molar-refractivity contribution in [1.82, 2.24) is 0 Å². The van der Waals surface area contributed by atoms with E-state index in [0.717, 1.165) is 43.7 Å². The van der Waals surface area contributed by atoms with Crippen molar-refractivity contribution in [2.24, 2.45) is 5.92 Å². The molecule has 0 heterocycles. The van der Waals surface area contributed by atoms with Crippen LogP contribution in [0.2, 0.25) is 0 Å². The quantitative estimate of drug-likeness (QED) is 0.166. The third kappa shape index (κ3) is 5.43. The summed E-state index contributed by atoms with van der Waals surface area (Å²) in [5, 5.41) is -1.03. The molecule has 0 bridgehead atoms. The van der Waals surface area contributed by atoms with Crippen LogP contribution >= 0.6 is 0 Å². The Morgan fingerprint density at radius 2 is 1.41 bits per heavy atom. The van der Waals surface area contributed by atoms with Crippen LogP contribution in [0.15, 0.2) is 42.5 Å². The van der Waals surface area contributed by atoms with Crippen LogP contribution in [-0.4, -0.2) is 6.18 Å². The lowest BCUT2D eigenvalue weighted by Gasteiger charge is -2.15. The number of rotatable bonds is 1. The van der Waals surface area contributed by atoms with Crippen LogP contribution in [0.4, 0.5) is 35.1 Å². The van der Waals surface area contributed by atoms with E-state index >= 15 is 8.78 Å². The van der Waals surface area contributed by atoms with E-state index in [1.54, 1.807) is 12.1 Å². The van der Waals surface area contributed by atoms with Gasteiger partial charge >= 0.3 is 6.18 Å². The molecule has 0 spiro atoms. The number of halogens is 8. The maximum Gasteiger partial charge on any atom is 0.458 e. The third-order valence-electron chi connectivity index (χ3n) is 6.75. The monoisotopic (exact) mass is 542 g/mol. The van der Waals surface area contributed by atoms with E-state index in [0.29, 0.717) is 17.7 Å². The number of alkyl halides is 3. The van der Waals surface area contributed by atoms with E-state index in [-0.39, 0.29) is 22.3 Å². The van der Waals surface area contributed by atoms with Crippen LogP contribution in [0.5, 0.6) is 0 Å². The van der Waals surface area contributed by atoms with Crippen LogP contribution in [0, 0.1) is 58.7 Å². The molecule has 5 rings (SSSR count). The first kappa shape index (κ1) is 26.6. The Kier molecular flexibility index (Phi) is 6.99. The molecule has 0 aromatic heterocycles. The molecule has 0 unspecified atom stereocenters. The molecular formula is C31H18F8. The number of benzene rings is 4. The summed E-state index contributed by atoms with van der Waals surface area (Å²) in [4.78, 5) is 0. The van der Waals surface area contributed by atoms with Crippen LogP contribution in [0.3, 0.4) is 0 Å². The van der Waals surface area contributed by atoms with Crippen molar-refractivity contribution in [1.29, 1.82) is 0 Å². The number of hydrogen-bond donors (Lipinski definition) is 0. The molecule has 0 N–H and O–H groups in total. The molecule has 198 valence electrons. The Bertz CT molecular complexity index is 1740. The van der Waals surface area contributed by atoms with Gasteiger partial charge in [0.2, 0.25) is 0 Å². The molecule has 1 aliphatic rings. The Balaban J connectivity index is 1.58. The molecular weight excluding hydrogens is 524 g/mol. The first-order valence-electron chi connectivity index (χ1n) is 12.2. The summed E-state index contributed by atoms with van der Waals surface area (Å²) in [6, 6.07) is 7.82. The van der Waals surface area contributed by atoms with Gasteiger partial charge in [0.15, 0.2) is 5.82 Å². The SMILES string of the molecule is Fc1cc2cc(-c3c(F)cc4cc(C#CC5CCCCC5)ccc4c3F)cc(F)c2c(F)c1C#CC(F)(F)F. The molecule has 0 atom stereocenters. The smallest absolute Gasteiger partial charge is 0.206 e. The third-order valence-corrected chi connectivity index (χ3v) is 6.75. The average Bonchev–Trinajstić information content (AvgIpc) is 2.86. The zero-order chi connectivity index (χ0) is 27.9. The van der Waals surface area contributed by atoms with Gasteiger partial charge in [-0.25, -0.2) is 22.0 Å². The molecule has 8 heteroatoms. The molecule has 39 heavy (non-hydrogen) atoms. The van der Waals surface area contributed by atoms with E-state index in [1.807, 2.05) is 0 Å². The molecule has 0 saturated heterocycles. The van der Waals surface area contributed by atoms with Gasteiger partial charge in [-0.3, -0.25) is 0 Å². The summed E-state index contributed by atoms with van der Waals surface area (Å²) in [6.45, 7) is 0. The summed E-state index contributed by atoms with van der Waals surface area (Å²) in [5.41, 5.74) is -1.64. The zero-order valence-electron chi connectivity index (χ0n) is 20.2. The lowest BCUT2D eigenvalue weighted by atomic mass is 9.89. The van der Waals surface area contributed by atoms with E-state index in [4.69, 9.17) is 0 Å². The number of fused-ring (bicyclic) bond motifs is 2. The second kappa shape index (κ2) is 10.3. The van der Waals surface area contributed by atoms with Gasteiger partial charge in [0, 0.05) is 22.8 Å². The van der Waals surface area contributed by atoms with Crippen molar-refractivity contribution >= 4 is 21.5 Å². The lowest BCUT2D eigenvalue weighted by molar-refractivity contribution is -0.0696. The van der Waals surface area contributed by atoms with Gasteiger partial charge in [-0.05, 0) is 65.6 Å². The molecule has 0 radical (unpaired) electrons. The first-order valence-corrected chi connectivity index (χ1v) is 12.2. The molecule has 1 aliphatic carbocycles. The largest absolute Gasteiger partial charge is 0.458 e. The topological polar surface area (TPSA) is 0 Å². The normalized spacial score (nSPS) is 14.2. The van der Waals surface area contributed by atoms with Gasteiger partial charge in [0.1, 0.15) is 23.3 Å². The summed E-state index contributed by atoms with van der Waals surface area (Å²) < 4.78 is 112. The minimum absolute atomic E-state index is 0.0326. The summed E-state index contributed by atoms with van der Waals surface area (Å²) in [5.74, 6) is 2.13. The Morgan fingerprint density at radius 3 is 2.13 bits per heavy atom. The van der Waals surface area contributed by atoms with Crippen molar-refractivity contribution in [3.63, 3.8) is 0 Å². The van der Waals surface area contributed by atoms with Gasteiger partial charge in [0.05, 0.1) is 16.5 Å². The Labute approximate surface area is 218 Å². The molecule has 0 aliphatic heterocycles. The second-order valence-corrected chi connectivity index (χ2v) is 9.44. The maximum absolute atomic E-state index is 15.5. The fraction of sp³-hybridized carbons (Fsp3) is 0.226. The van der Waals surface area contributed by atoms with Crippen LogP contribution < -0.4 is 0 Å². The van der Waals surface area contributed by atoms with Crippen molar-refractivity contribution in [3.05, 3.63) is 82.7 Å². The fourth-order valence-corrected chi connectivity index (χ4v) is 4.91. The van der Waals surface area contributed by atoms with E-state index in [1.165, 1.54) is 18.4 Å². The van der Waals surface area contributed by atoms with Crippen LogP contribution in [0.25, 0.3) is 32.7 Å². The summed E-state index contributed by atoms with van der Waals surface area (Å²) in [6.07, 6.45) is 0.454. The Morgan fingerprint density at radius 1 is 0.692 bits per heavy atom. The van der Waals surface area contributed by atoms with E-state index in [2.05, 4.69) is 11.8 Å². The van der Waals surface area contributed by atoms with Crippen molar-refractivity contribution < 1.29 is 35.1 Å². The first-order chi connectivity index (χ1) is 18.5. The minimum Gasteiger partial charge on any atom is -0.206 e. The predicted molar refractivity (Wildman–Crippen MR) is 133 cm³/mol. The molecule has 4 aromatic carbocycles. The van der Waals surface area contributed by atoms with Gasteiger partial charge in [-0.2, -0.15) is 13.2 Å². The second-order valence-electron chi connectivity index (χ2n) is 9.44. The predicted octanol–water partition coefficient (Wildman–Crippen LogP) is 9.20. The van der Waals surface area contributed by atoms with Gasteiger partial charge in [-0.15, -0.1) is 0 Å². The maximum atomic E-state index is 15.5. The summed E-state index contributed by atoms with van der Waals surface area (Å²) >= 11 is 0. The molecule has 4 aromatic rings. The summed E-state index contributed by atoms with van der Waals surface area (Å²) in [7, 11) is 0. The highest BCUT2D eigenvalue weighted by Crippen LogP contribution is 2.36. The average molecular weight is 542 g/mol. The van der Waals surface area contributed by atoms with E-state index in [9.17, 15) is 26.3 Å². The molecule has 0 amide bonds. The van der Waals surface area contributed by atoms with Gasteiger partial charge < -0.3 is 0 Å². The highest BCUT2D eigenvalue weighted by Gasteiger charge is 2.25. The van der Waals surface area contributed by atoms with Gasteiger partial charge in [0.25, 0.3) is 0 Å². The fourth-order valence-electron chi connectivity index (χ4n) is 4.91. The standard InChI is InChI=1S/C31H18F8/c32-24-15-20-13-21(16-26(34)28(20)30(36)23(24)10-11-31(37,38)39)27-25(33)14-19-12-18(8-9-22(19)29(27)35)7-6-17-4-2-1-3-5-17/h8-9,12-17H,1-5H2. The highest BCUT2D eigenvalue weighted by molar-refractivity contribution is 5.93. The zero-order valence-corrected chi connectivity index (χ0v) is 20.2. The van der Waals surface area contributed by atoms with E-state index < -0.39 is 57.2 Å². The Hall–Kier alpha value is -4.04.